The first-order valence-corrected chi connectivity index (χ1v) is 11.3. The highest BCUT2D eigenvalue weighted by Crippen LogP contribution is 2.26. The molecule has 0 spiro atoms. The highest BCUT2D eigenvalue weighted by Gasteiger charge is 2.27. The second-order valence-electron chi connectivity index (χ2n) is 7.79. The van der Waals surface area contributed by atoms with E-state index in [1.807, 2.05) is 61.2 Å². The number of thiazole rings is 1. The molecule has 0 radical (unpaired) electrons. The van der Waals surface area contributed by atoms with E-state index in [4.69, 9.17) is 4.74 Å². The van der Waals surface area contributed by atoms with Gasteiger partial charge in [-0.3, -0.25) is 9.78 Å². The van der Waals surface area contributed by atoms with Crippen LogP contribution in [0.1, 0.15) is 32.7 Å². The zero-order chi connectivity index (χ0) is 22.1. The van der Waals surface area contributed by atoms with Gasteiger partial charge in [-0.1, -0.05) is 6.07 Å². The van der Waals surface area contributed by atoms with Crippen molar-refractivity contribution in [3.63, 3.8) is 0 Å². The predicted octanol–water partition coefficient (Wildman–Crippen LogP) is 4.66. The average molecular weight is 446 g/mol. The number of morpholine rings is 1. The number of amides is 1. The Morgan fingerprint density at radius 1 is 1.19 bits per heavy atom. The zero-order valence-corrected chi connectivity index (χ0v) is 18.7. The number of carbonyl (C=O) groups is 1. The van der Waals surface area contributed by atoms with E-state index in [2.05, 4.69) is 20.3 Å². The minimum Gasteiger partial charge on any atom is -0.368 e. The van der Waals surface area contributed by atoms with Gasteiger partial charge in [0, 0.05) is 18.3 Å². The van der Waals surface area contributed by atoms with Gasteiger partial charge in [-0.15, -0.1) is 11.3 Å². The lowest BCUT2D eigenvalue weighted by Crippen LogP contribution is -2.42. The lowest BCUT2D eigenvalue weighted by molar-refractivity contribution is -0.0247. The summed E-state index contributed by atoms with van der Waals surface area (Å²) >= 11 is 1.60. The molecule has 7 nitrogen and oxygen atoms in total. The Labute approximate surface area is 190 Å². The minimum atomic E-state index is -0.257. The number of aryl methyl sites for hydroxylation is 2. The van der Waals surface area contributed by atoms with Crippen LogP contribution in [0.2, 0.25) is 0 Å². The number of ether oxygens (including phenoxy) is 1. The first-order valence-electron chi connectivity index (χ1n) is 10.5. The van der Waals surface area contributed by atoms with Crippen molar-refractivity contribution in [2.45, 2.75) is 20.0 Å². The van der Waals surface area contributed by atoms with Crippen molar-refractivity contribution in [3.05, 3.63) is 76.7 Å². The lowest BCUT2D eigenvalue weighted by Gasteiger charge is -2.32. The molecule has 1 fully saturated rings. The summed E-state index contributed by atoms with van der Waals surface area (Å²) < 4.78 is 6.97. The molecule has 1 aliphatic rings. The molecule has 1 N–H and O–H groups in total. The molecule has 4 heterocycles. The molecule has 0 unspecified atom stereocenters. The average Bonchev–Trinajstić information content (AvgIpc) is 3.20. The number of anilines is 2. The number of nitrogens with zero attached hydrogens (tertiary/aromatic N) is 4. The normalized spacial score (nSPS) is 16.3. The predicted molar refractivity (Wildman–Crippen MR) is 125 cm³/mol. The maximum absolute atomic E-state index is 13.1. The van der Waals surface area contributed by atoms with Crippen LogP contribution in [0, 0.1) is 13.8 Å². The third-order valence-electron chi connectivity index (χ3n) is 5.48. The summed E-state index contributed by atoms with van der Waals surface area (Å²) in [7, 11) is 0. The molecule has 0 saturated carbocycles. The number of benzene rings is 1. The molecule has 1 amide bonds. The Hall–Kier alpha value is -3.36. The van der Waals surface area contributed by atoms with Crippen LogP contribution in [-0.2, 0) is 4.74 Å². The Morgan fingerprint density at radius 2 is 2.09 bits per heavy atom. The van der Waals surface area contributed by atoms with Gasteiger partial charge < -0.3 is 15.0 Å². The van der Waals surface area contributed by atoms with E-state index in [1.165, 1.54) is 0 Å². The molecule has 0 aliphatic carbocycles. The first kappa shape index (κ1) is 20.5. The summed E-state index contributed by atoms with van der Waals surface area (Å²) in [4.78, 5) is 28.4. The number of hydrogen-bond donors (Lipinski definition) is 1. The van der Waals surface area contributed by atoms with Crippen LogP contribution in [0.5, 0.6) is 0 Å². The Kier molecular flexibility index (Phi) is 5.55. The molecule has 1 aliphatic heterocycles. The highest BCUT2D eigenvalue weighted by atomic mass is 32.1. The van der Waals surface area contributed by atoms with E-state index in [-0.39, 0.29) is 12.0 Å². The van der Waals surface area contributed by atoms with Crippen molar-refractivity contribution in [2.24, 2.45) is 0 Å². The van der Waals surface area contributed by atoms with Crippen LogP contribution in [0.3, 0.4) is 0 Å². The van der Waals surface area contributed by atoms with Crippen molar-refractivity contribution in [2.75, 3.05) is 25.0 Å². The van der Waals surface area contributed by atoms with E-state index >= 15 is 0 Å². The fourth-order valence-corrected chi connectivity index (χ4v) is 4.66. The van der Waals surface area contributed by atoms with Crippen LogP contribution in [0.25, 0.3) is 10.2 Å². The summed E-state index contributed by atoms with van der Waals surface area (Å²) in [5.41, 5.74) is 4.34. The Morgan fingerprint density at radius 3 is 2.91 bits per heavy atom. The third-order valence-corrected chi connectivity index (χ3v) is 6.42. The maximum Gasteiger partial charge on any atom is 0.254 e. The zero-order valence-electron chi connectivity index (χ0n) is 17.9. The lowest BCUT2D eigenvalue weighted by atomic mass is 10.1. The molecule has 1 atom stereocenters. The fourth-order valence-electron chi connectivity index (χ4n) is 3.79. The van der Waals surface area contributed by atoms with Crippen molar-refractivity contribution in [1.82, 2.24) is 19.9 Å². The van der Waals surface area contributed by atoms with Gasteiger partial charge in [0.25, 0.3) is 5.91 Å². The first-order chi connectivity index (χ1) is 15.6. The number of fused-ring (bicyclic) bond motifs is 1. The van der Waals surface area contributed by atoms with Crippen molar-refractivity contribution in [1.29, 1.82) is 0 Å². The molecule has 1 aromatic carbocycles. The third kappa shape index (κ3) is 4.19. The van der Waals surface area contributed by atoms with Crippen LogP contribution in [0.4, 0.5) is 11.5 Å². The molecular weight excluding hydrogens is 422 g/mol. The van der Waals surface area contributed by atoms with Crippen molar-refractivity contribution >= 4 is 39.0 Å². The minimum absolute atomic E-state index is 0.00941. The second kappa shape index (κ2) is 8.64. The van der Waals surface area contributed by atoms with Gasteiger partial charge in [0.05, 0.1) is 46.0 Å². The summed E-state index contributed by atoms with van der Waals surface area (Å²) in [5, 5.41) is 4.28. The van der Waals surface area contributed by atoms with Crippen LogP contribution < -0.4 is 5.32 Å². The molecule has 162 valence electrons. The Balaban J connectivity index is 1.28. The van der Waals surface area contributed by atoms with Crippen LogP contribution in [0.15, 0.2) is 54.9 Å². The second-order valence-corrected chi connectivity index (χ2v) is 9.03. The van der Waals surface area contributed by atoms with E-state index in [9.17, 15) is 4.79 Å². The van der Waals surface area contributed by atoms with Gasteiger partial charge in [0.1, 0.15) is 11.9 Å². The molecule has 32 heavy (non-hydrogen) atoms. The van der Waals surface area contributed by atoms with Crippen LogP contribution >= 0.6 is 11.3 Å². The van der Waals surface area contributed by atoms with Gasteiger partial charge in [-0.25, -0.2) is 9.97 Å². The molecule has 5 rings (SSSR count). The number of rotatable bonds is 4. The molecule has 3 aromatic heterocycles. The van der Waals surface area contributed by atoms with Gasteiger partial charge >= 0.3 is 0 Å². The Bertz CT molecular complexity index is 1270. The molecule has 1 saturated heterocycles. The molecule has 4 aromatic rings. The maximum atomic E-state index is 13.1. The van der Waals surface area contributed by atoms with E-state index in [0.717, 1.165) is 38.0 Å². The van der Waals surface area contributed by atoms with Gasteiger partial charge in [0.15, 0.2) is 0 Å². The van der Waals surface area contributed by atoms with Crippen molar-refractivity contribution in [3.8, 4) is 0 Å². The summed E-state index contributed by atoms with van der Waals surface area (Å²) in [6.07, 6.45) is 3.27. The van der Waals surface area contributed by atoms with E-state index in [1.54, 1.807) is 23.7 Å². The van der Waals surface area contributed by atoms with Gasteiger partial charge in [-0.05, 0) is 55.8 Å². The summed E-state index contributed by atoms with van der Waals surface area (Å²) in [6, 6.07) is 13.5. The number of pyridine rings is 2. The standard InChI is InChI=1S/C24H23N5O2S/c1-15-4-3-9-25-23(15)28-18-6-8-19(26-13-18)21-14-29(10-11-31-21)24(30)17-5-7-20-22(12-17)32-16(2)27-20/h3-9,12-13,21H,10-11,14H2,1-2H3,(H,25,28)/t21-/m1/s1. The van der Waals surface area contributed by atoms with Crippen molar-refractivity contribution < 1.29 is 9.53 Å². The summed E-state index contributed by atoms with van der Waals surface area (Å²) in [6.45, 7) is 5.50. The highest BCUT2D eigenvalue weighted by molar-refractivity contribution is 7.18. The monoisotopic (exact) mass is 445 g/mol. The SMILES string of the molecule is Cc1nc2ccc(C(=O)N3CCO[C@@H](c4ccc(Nc5ncccc5C)cn4)C3)cc2s1. The van der Waals surface area contributed by atoms with Gasteiger partial charge in [0.2, 0.25) is 0 Å². The summed E-state index contributed by atoms with van der Waals surface area (Å²) in [5.74, 6) is 0.816. The quantitative estimate of drug-likeness (QED) is 0.492. The topological polar surface area (TPSA) is 80.2 Å². The molecular formula is C24H23N5O2S. The number of hydrogen-bond acceptors (Lipinski definition) is 7. The smallest absolute Gasteiger partial charge is 0.254 e. The number of aromatic nitrogens is 3. The number of carbonyl (C=O) groups excluding carboxylic acids is 1. The fraction of sp³-hybridized carbons (Fsp3) is 0.250. The van der Waals surface area contributed by atoms with Crippen LogP contribution in [-0.4, -0.2) is 45.5 Å². The van der Waals surface area contributed by atoms with Gasteiger partial charge in [-0.2, -0.15) is 0 Å². The number of nitrogens with one attached hydrogen (secondary N) is 1. The largest absolute Gasteiger partial charge is 0.368 e. The molecule has 8 heteroatoms. The molecule has 0 bridgehead atoms. The van der Waals surface area contributed by atoms with E-state index < -0.39 is 0 Å². The van der Waals surface area contributed by atoms with E-state index in [0.29, 0.717) is 25.3 Å².